The summed E-state index contributed by atoms with van der Waals surface area (Å²) in [5, 5.41) is 18.5. The summed E-state index contributed by atoms with van der Waals surface area (Å²) in [6.07, 6.45) is 2.84. The van der Waals surface area contributed by atoms with Gasteiger partial charge in [0.05, 0.1) is 16.9 Å². The fraction of sp³-hybridized carbons (Fsp3) is 0.842. The fourth-order valence-electron chi connectivity index (χ4n) is 2.81. The van der Waals surface area contributed by atoms with Gasteiger partial charge in [0, 0.05) is 11.6 Å². The molecule has 0 aliphatic carbocycles. The SMILES string of the molecule is CC(CC(C)(C)N=CC(C)(C)C(C)(C)CC(C)(C)C(=O)O)C(=O)O. The number of aliphatic carboxylic acids is 2. The Balaban J connectivity index is 5.30. The summed E-state index contributed by atoms with van der Waals surface area (Å²) in [6, 6.07) is 0. The molecule has 0 saturated carbocycles. The monoisotopic (exact) mass is 341 g/mol. The Kier molecular flexibility index (Phi) is 6.82. The maximum atomic E-state index is 11.4. The molecular weight excluding hydrogens is 306 g/mol. The molecule has 0 rings (SSSR count). The average molecular weight is 341 g/mol. The Morgan fingerprint density at radius 3 is 1.83 bits per heavy atom. The molecule has 0 aliphatic rings. The van der Waals surface area contributed by atoms with Gasteiger partial charge >= 0.3 is 11.9 Å². The van der Waals surface area contributed by atoms with Crippen molar-refractivity contribution in [3.63, 3.8) is 0 Å². The molecule has 0 saturated heterocycles. The van der Waals surface area contributed by atoms with E-state index in [1.165, 1.54) is 0 Å². The molecule has 0 spiro atoms. The van der Waals surface area contributed by atoms with Crippen LogP contribution in [0.15, 0.2) is 4.99 Å². The maximum Gasteiger partial charge on any atom is 0.309 e. The van der Waals surface area contributed by atoms with Crippen molar-refractivity contribution in [1.29, 1.82) is 0 Å². The van der Waals surface area contributed by atoms with Crippen LogP contribution < -0.4 is 0 Å². The van der Waals surface area contributed by atoms with Gasteiger partial charge in [-0.2, -0.15) is 0 Å². The van der Waals surface area contributed by atoms with Crippen molar-refractivity contribution in [2.45, 2.75) is 80.7 Å². The number of aliphatic imine (C=N–C) groups is 1. The first-order chi connectivity index (χ1) is 10.4. The molecule has 0 aromatic rings. The number of hydrogen-bond donors (Lipinski definition) is 2. The molecule has 0 aliphatic heterocycles. The van der Waals surface area contributed by atoms with Gasteiger partial charge < -0.3 is 10.2 Å². The minimum atomic E-state index is -0.818. The van der Waals surface area contributed by atoms with Crippen molar-refractivity contribution in [2.75, 3.05) is 0 Å². The molecule has 0 fully saturated rings. The van der Waals surface area contributed by atoms with Crippen LogP contribution in [-0.2, 0) is 9.59 Å². The van der Waals surface area contributed by atoms with E-state index in [0.717, 1.165) is 0 Å². The number of rotatable bonds is 9. The predicted molar refractivity (Wildman–Crippen MR) is 97.6 cm³/mol. The molecule has 2 N–H and O–H groups in total. The van der Waals surface area contributed by atoms with E-state index in [4.69, 9.17) is 5.11 Å². The van der Waals surface area contributed by atoms with Crippen molar-refractivity contribution < 1.29 is 19.8 Å². The van der Waals surface area contributed by atoms with E-state index in [-0.39, 0.29) is 10.8 Å². The summed E-state index contributed by atoms with van der Waals surface area (Å²) in [7, 11) is 0. The second kappa shape index (κ2) is 7.24. The lowest BCUT2D eigenvalue weighted by molar-refractivity contribution is -0.149. The molecule has 0 heterocycles. The maximum absolute atomic E-state index is 11.4. The van der Waals surface area contributed by atoms with Gasteiger partial charge in [-0.3, -0.25) is 14.6 Å². The van der Waals surface area contributed by atoms with Crippen LogP contribution in [-0.4, -0.2) is 33.9 Å². The van der Waals surface area contributed by atoms with Crippen LogP contribution in [0.2, 0.25) is 0 Å². The predicted octanol–water partition coefficient (Wildman–Crippen LogP) is 4.50. The van der Waals surface area contributed by atoms with E-state index in [1.54, 1.807) is 20.8 Å². The Hall–Kier alpha value is -1.39. The Labute approximate surface area is 146 Å². The van der Waals surface area contributed by atoms with Gasteiger partial charge in [0.15, 0.2) is 0 Å². The third kappa shape index (κ3) is 6.25. The minimum absolute atomic E-state index is 0.285. The summed E-state index contributed by atoms with van der Waals surface area (Å²) >= 11 is 0. The van der Waals surface area contributed by atoms with Crippen molar-refractivity contribution in [3.05, 3.63) is 0 Å². The zero-order valence-electron chi connectivity index (χ0n) is 16.7. The van der Waals surface area contributed by atoms with E-state index in [9.17, 15) is 14.7 Å². The largest absolute Gasteiger partial charge is 0.481 e. The molecule has 0 aromatic heterocycles. The normalized spacial score (nSPS) is 15.5. The van der Waals surface area contributed by atoms with Gasteiger partial charge in [0.1, 0.15) is 0 Å². The van der Waals surface area contributed by atoms with Crippen LogP contribution in [0, 0.1) is 22.2 Å². The number of carbonyl (C=O) groups is 2. The van der Waals surface area contributed by atoms with Crippen LogP contribution >= 0.6 is 0 Å². The lowest BCUT2D eigenvalue weighted by Crippen LogP contribution is -2.41. The smallest absolute Gasteiger partial charge is 0.309 e. The van der Waals surface area contributed by atoms with Crippen LogP contribution in [0.1, 0.15) is 75.2 Å². The van der Waals surface area contributed by atoms with Gasteiger partial charge in [0.2, 0.25) is 0 Å². The van der Waals surface area contributed by atoms with Gasteiger partial charge in [-0.25, -0.2) is 0 Å². The van der Waals surface area contributed by atoms with E-state index >= 15 is 0 Å². The van der Waals surface area contributed by atoms with Crippen molar-refractivity contribution in [2.24, 2.45) is 27.2 Å². The lowest BCUT2D eigenvalue weighted by atomic mass is 9.61. The summed E-state index contributed by atoms with van der Waals surface area (Å²) < 4.78 is 0. The minimum Gasteiger partial charge on any atom is -0.481 e. The Morgan fingerprint density at radius 2 is 1.46 bits per heavy atom. The molecule has 140 valence electrons. The third-order valence-corrected chi connectivity index (χ3v) is 5.17. The topological polar surface area (TPSA) is 87.0 Å². The Morgan fingerprint density at radius 1 is 1.00 bits per heavy atom. The molecule has 1 unspecified atom stereocenters. The lowest BCUT2D eigenvalue weighted by Gasteiger charge is -2.43. The number of nitrogens with zero attached hydrogens (tertiary/aromatic N) is 1. The molecular formula is C19H35NO4. The highest BCUT2D eigenvalue weighted by Gasteiger charge is 2.43. The molecule has 0 radical (unpaired) electrons. The van der Waals surface area contributed by atoms with E-state index < -0.39 is 28.8 Å². The summed E-state index contributed by atoms with van der Waals surface area (Å²) in [4.78, 5) is 27.1. The van der Waals surface area contributed by atoms with Gasteiger partial charge in [0.25, 0.3) is 0 Å². The first kappa shape index (κ1) is 22.6. The van der Waals surface area contributed by atoms with E-state index in [0.29, 0.717) is 12.8 Å². The molecule has 0 bridgehead atoms. The Bertz CT molecular complexity index is 501. The van der Waals surface area contributed by atoms with Crippen LogP contribution in [0.3, 0.4) is 0 Å². The average Bonchev–Trinajstić information content (AvgIpc) is 2.34. The number of carboxylic acids is 2. The van der Waals surface area contributed by atoms with Gasteiger partial charge in [-0.15, -0.1) is 0 Å². The van der Waals surface area contributed by atoms with E-state index in [1.807, 2.05) is 33.9 Å². The van der Waals surface area contributed by atoms with Gasteiger partial charge in [-0.05, 0) is 46.0 Å². The van der Waals surface area contributed by atoms with Crippen molar-refractivity contribution in [3.8, 4) is 0 Å². The molecule has 0 amide bonds. The first-order valence-electron chi connectivity index (χ1n) is 8.46. The second-order valence-electron chi connectivity index (χ2n) is 9.49. The summed E-state index contributed by atoms with van der Waals surface area (Å²) in [6.45, 7) is 17.2. The third-order valence-electron chi connectivity index (χ3n) is 5.17. The summed E-state index contributed by atoms with van der Waals surface area (Å²) in [5.74, 6) is -2.08. The number of hydrogen-bond acceptors (Lipinski definition) is 3. The molecule has 5 heteroatoms. The van der Waals surface area contributed by atoms with Crippen LogP contribution in [0.25, 0.3) is 0 Å². The fourth-order valence-corrected chi connectivity index (χ4v) is 2.81. The molecule has 24 heavy (non-hydrogen) atoms. The highest BCUT2D eigenvalue weighted by Crippen LogP contribution is 2.46. The van der Waals surface area contributed by atoms with Gasteiger partial charge in [-0.1, -0.05) is 34.6 Å². The van der Waals surface area contributed by atoms with E-state index in [2.05, 4.69) is 18.8 Å². The highest BCUT2D eigenvalue weighted by atomic mass is 16.4. The van der Waals surface area contributed by atoms with Crippen molar-refractivity contribution in [1.82, 2.24) is 0 Å². The first-order valence-corrected chi connectivity index (χ1v) is 8.46. The standard InChI is InChI=1S/C19H35NO4/c1-13(14(21)22)10-19(8,9)20-12-18(6,7)17(4,5)11-16(2,3)15(23)24/h12-13H,10-11H2,1-9H3,(H,21,22)(H,23,24). The zero-order chi connectivity index (χ0) is 19.6. The zero-order valence-corrected chi connectivity index (χ0v) is 16.7. The van der Waals surface area contributed by atoms with Crippen molar-refractivity contribution >= 4 is 18.2 Å². The molecule has 1 atom stereocenters. The molecule has 0 aromatic carbocycles. The molecule has 5 nitrogen and oxygen atoms in total. The summed E-state index contributed by atoms with van der Waals surface area (Å²) in [5.41, 5.74) is -1.91. The van der Waals surface area contributed by atoms with Crippen LogP contribution in [0.4, 0.5) is 0 Å². The van der Waals surface area contributed by atoms with Crippen LogP contribution in [0.5, 0.6) is 0 Å². The second-order valence-corrected chi connectivity index (χ2v) is 9.49. The number of carboxylic acid groups (broad SMARTS) is 2. The highest BCUT2D eigenvalue weighted by molar-refractivity contribution is 5.74. The quantitative estimate of drug-likeness (QED) is 0.604.